The van der Waals surface area contributed by atoms with E-state index in [2.05, 4.69) is 9.97 Å². The SMILES string of the molecule is Cc1nccc(Cn2c(C)cc(C(=O)O)c2C)n1. The number of hydrogen-bond acceptors (Lipinski definition) is 3. The molecule has 0 aliphatic rings. The van der Waals surface area contributed by atoms with Crippen LogP contribution in [0.3, 0.4) is 0 Å². The van der Waals surface area contributed by atoms with Crippen molar-refractivity contribution in [1.29, 1.82) is 0 Å². The maximum absolute atomic E-state index is 11.1. The Morgan fingerprint density at radius 2 is 2.11 bits per heavy atom. The summed E-state index contributed by atoms with van der Waals surface area (Å²) >= 11 is 0. The van der Waals surface area contributed by atoms with Crippen LogP contribution in [0.4, 0.5) is 0 Å². The molecule has 0 amide bonds. The number of carboxylic acid groups (broad SMARTS) is 1. The average molecular weight is 245 g/mol. The van der Waals surface area contributed by atoms with E-state index < -0.39 is 5.97 Å². The molecule has 0 fully saturated rings. The van der Waals surface area contributed by atoms with E-state index in [0.717, 1.165) is 17.1 Å². The summed E-state index contributed by atoms with van der Waals surface area (Å²) in [6, 6.07) is 3.53. The Kier molecular flexibility index (Phi) is 3.14. The molecule has 0 saturated heterocycles. The third-order valence-electron chi connectivity index (χ3n) is 2.96. The van der Waals surface area contributed by atoms with Gasteiger partial charge in [-0.3, -0.25) is 0 Å². The molecule has 0 aliphatic carbocycles. The number of aromatic nitrogens is 3. The minimum Gasteiger partial charge on any atom is -0.478 e. The Morgan fingerprint density at radius 1 is 1.39 bits per heavy atom. The molecule has 0 aromatic carbocycles. The predicted octanol–water partition coefficient (Wildman–Crippen LogP) is 1.95. The first-order valence-corrected chi connectivity index (χ1v) is 5.67. The second-order valence-electron chi connectivity index (χ2n) is 4.27. The van der Waals surface area contributed by atoms with Gasteiger partial charge >= 0.3 is 5.97 Å². The molecule has 2 heterocycles. The summed E-state index contributed by atoms with van der Waals surface area (Å²) in [5, 5.41) is 9.07. The summed E-state index contributed by atoms with van der Waals surface area (Å²) in [5.41, 5.74) is 2.89. The molecular weight excluding hydrogens is 230 g/mol. The number of rotatable bonds is 3. The van der Waals surface area contributed by atoms with Gasteiger partial charge in [0.25, 0.3) is 0 Å². The Balaban J connectivity index is 2.38. The fourth-order valence-electron chi connectivity index (χ4n) is 2.02. The number of aromatic carboxylic acids is 1. The Hall–Kier alpha value is -2.17. The largest absolute Gasteiger partial charge is 0.478 e. The van der Waals surface area contributed by atoms with Crippen LogP contribution in [-0.2, 0) is 6.54 Å². The zero-order valence-electron chi connectivity index (χ0n) is 10.6. The van der Waals surface area contributed by atoms with Gasteiger partial charge in [0.1, 0.15) is 5.82 Å². The van der Waals surface area contributed by atoms with Crippen LogP contribution in [0.1, 0.15) is 33.3 Å². The van der Waals surface area contributed by atoms with Gasteiger partial charge in [0.05, 0.1) is 17.8 Å². The molecule has 0 atom stereocenters. The van der Waals surface area contributed by atoms with Gasteiger partial charge in [0.15, 0.2) is 0 Å². The molecule has 5 heteroatoms. The second kappa shape index (κ2) is 4.60. The molecule has 2 aromatic rings. The third-order valence-corrected chi connectivity index (χ3v) is 2.96. The maximum Gasteiger partial charge on any atom is 0.337 e. The highest BCUT2D eigenvalue weighted by atomic mass is 16.4. The maximum atomic E-state index is 11.1. The van der Waals surface area contributed by atoms with Gasteiger partial charge < -0.3 is 9.67 Å². The molecule has 5 nitrogen and oxygen atoms in total. The van der Waals surface area contributed by atoms with Gasteiger partial charge in [-0.05, 0) is 32.9 Å². The normalized spacial score (nSPS) is 10.6. The van der Waals surface area contributed by atoms with Crippen molar-refractivity contribution in [3.05, 3.63) is 46.8 Å². The van der Waals surface area contributed by atoms with E-state index >= 15 is 0 Å². The molecule has 18 heavy (non-hydrogen) atoms. The van der Waals surface area contributed by atoms with E-state index in [9.17, 15) is 4.79 Å². The zero-order valence-corrected chi connectivity index (χ0v) is 10.6. The van der Waals surface area contributed by atoms with Crippen LogP contribution in [0, 0.1) is 20.8 Å². The lowest BCUT2D eigenvalue weighted by Crippen LogP contribution is -2.08. The second-order valence-corrected chi connectivity index (χ2v) is 4.27. The number of carboxylic acids is 1. The zero-order chi connectivity index (χ0) is 13.3. The van der Waals surface area contributed by atoms with E-state index in [1.165, 1.54) is 0 Å². The van der Waals surface area contributed by atoms with E-state index in [1.807, 2.05) is 31.4 Å². The van der Waals surface area contributed by atoms with Crippen molar-refractivity contribution in [2.75, 3.05) is 0 Å². The number of aryl methyl sites for hydroxylation is 2. The summed E-state index contributed by atoms with van der Waals surface area (Å²) < 4.78 is 1.95. The molecule has 0 unspecified atom stereocenters. The predicted molar refractivity (Wildman–Crippen MR) is 66.7 cm³/mol. The minimum absolute atomic E-state index is 0.346. The van der Waals surface area contributed by atoms with E-state index in [4.69, 9.17) is 5.11 Å². The van der Waals surface area contributed by atoms with Gasteiger partial charge in [-0.1, -0.05) is 0 Å². The molecule has 0 spiro atoms. The van der Waals surface area contributed by atoms with Crippen molar-refractivity contribution in [3.63, 3.8) is 0 Å². The van der Waals surface area contributed by atoms with Gasteiger partial charge in [0, 0.05) is 17.6 Å². The van der Waals surface area contributed by atoms with Crippen LogP contribution >= 0.6 is 0 Å². The van der Waals surface area contributed by atoms with E-state index in [1.54, 1.807) is 12.3 Å². The van der Waals surface area contributed by atoms with Crippen LogP contribution < -0.4 is 0 Å². The van der Waals surface area contributed by atoms with Crippen LogP contribution in [0.25, 0.3) is 0 Å². The van der Waals surface area contributed by atoms with Gasteiger partial charge in [-0.15, -0.1) is 0 Å². The van der Waals surface area contributed by atoms with E-state index in [-0.39, 0.29) is 0 Å². The molecular formula is C13H15N3O2. The lowest BCUT2D eigenvalue weighted by atomic mass is 10.2. The fourth-order valence-corrected chi connectivity index (χ4v) is 2.02. The highest BCUT2D eigenvalue weighted by molar-refractivity contribution is 5.89. The van der Waals surface area contributed by atoms with Crippen LogP contribution in [-0.4, -0.2) is 25.6 Å². The third kappa shape index (κ3) is 2.25. The molecule has 2 rings (SSSR count). The van der Waals surface area contributed by atoms with E-state index in [0.29, 0.717) is 17.9 Å². The average Bonchev–Trinajstić information content (AvgIpc) is 2.57. The van der Waals surface area contributed by atoms with Crippen molar-refractivity contribution in [1.82, 2.24) is 14.5 Å². The van der Waals surface area contributed by atoms with Crippen LogP contribution in [0.15, 0.2) is 18.3 Å². The highest BCUT2D eigenvalue weighted by Gasteiger charge is 2.14. The van der Waals surface area contributed by atoms with Crippen molar-refractivity contribution in [3.8, 4) is 0 Å². The monoisotopic (exact) mass is 245 g/mol. The Morgan fingerprint density at radius 3 is 2.67 bits per heavy atom. The summed E-state index contributed by atoms with van der Waals surface area (Å²) in [7, 11) is 0. The number of hydrogen-bond donors (Lipinski definition) is 1. The van der Waals surface area contributed by atoms with Crippen molar-refractivity contribution < 1.29 is 9.90 Å². The summed E-state index contributed by atoms with van der Waals surface area (Å²) in [6.07, 6.45) is 1.71. The molecule has 0 bridgehead atoms. The van der Waals surface area contributed by atoms with Crippen molar-refractivity contribution in [2.24, 2.45) is 0 Å². The van der Waals surface area contributed by atoms with Crippen LogP contribution in [0.5, 0.6) is 0 Å². The molecule has 0 aliphatic heterocycles. The van der Waals surface area contributed by atoms with Gasteiger partial charge in [0.2, 0.25) is 0 Å². The first-order valence-electron chi connectivity index (χ1n) is 5.67. The summed E-state index contributed by atoms with van der Waals surface area (Å²) in [6.45, 7) is 6.11. The topological polar surface area (TPSA) is 68.0 Å². The smallest absolute Gasteiger partial charge is 0.337 e. The lowest BCUT2D eigenvalue weighted by molar-refractivity contribution is 0.0696. The molecule has 94 valence electrons. The van der Waals surface area contributed by atoms with Gasteiger partial charge in [-0.25, -0.2) is 14.8 Å². The molecule has 0 saturated carbocycles. The molecule has 2 aromatic heterocycles. The minimum atomic E-state index is -0.895. The first kappa shape index (κ1) is 12.3. The fraction of sp³-hybridized carbons (Fsp3) is 0.308. The molecule has 1 N–H and O–H groups in total. The quantitative estimate of drug-likeness (QED) is 0.897. The van der Waals surface area contributed by atoms with Gasteiger partial charge in [-0.2, -0.15) is 0 Å². The number of nitrogens with zero attached hydrogens (tertiary/aromatic N) is 3. The molecule has 0 radical (unpaired) electrons. The Labute approximate surface area is 105 Å². The highest BCUT2D eigenvalue weighted by Crippen LogP contribution is 2.16. The number of carbonyl (C=O) groups is 1. The standard InChI is InChI=1S/C13H15N3O2/c1-8-6-12(13(17)18)9(2)16(8)7-11-4-5-14-10(3)15-11/h4-6H,7H2,1-3H3,(H,17,18). The summed E-state index contributed by atoms with van der Waals surface area (Å²) in [5.74, 6) is -0.179. The first-order chi connectivity index (χ1) is 8.49. The lowest BCUT2D eigenvalue weighted by Gasteiger charge is -2.09. The van der Waals surface area contributed by atoms with Crippen LogP contribution in [0.2, 0.25) is 0 Å². The van der Waals surface area contributed by atoms with Crippen molar-refractivity contribution in [2.45, 2.75) is 27.3 Å². The summed E-state index contributed by atoms with van der Waals surface area (Å²) in [4.78, 5) is 19.4. The van der Waals surface area contributed by atoms with Crippen molar-refractivity contribution >= 4 is 5.97 Å². The Bertz CT molecular complexity index is 602.